The van der Waals surface area contributed by atoms with Crippen molar-refractivity contribution in [3.8, 4) is 11.3 Å². The van der Waals surface area contributed by atoms with Crippen LogP contribution in [0.4, 0.5) is 0 Å². The van der Waals surface area contributed by atoms with Gasteiger partial charge in [-0.1, -0.05) is 53.8 Å². The molecule has 0 N–H and O–H groups in total. The van der Waals surface area contributed by atoms with Crippen LogP contribution in [0.15, 0.2) is 92.2 Å². The highest BCUT2D eigenvalue weighted by atomic mass is 32.1. The van der Waals surface area contributed by atoms with E-state index in [-0.39, 0.29) is 12.2 Å². The van der Waals surface area contributed by atoms with E-state index in [0.29, 0.717) is 43.3 Å². The van der Waals surface area contributed by atoms with Crippen LogP contribution in [0.25, 0.3) is 17.4 Å². The number of aromatic nitrogens is 1. The second-order valence-corrected chi connectivity index (χ2v) is 9.50. The maximum absolute atomic E-state index is 13.7. The summed E-state index contributed by atoms with van der Waals surface area (Å²) in [4.78, 5) is 43.6. The average molecular weight is 529 g/mol. The van der Waals surface area contributed by atoms with Crippen LogP contribution >= 0.6 is 11.3 Å². The number of ether oxygens (including phenoxy) is 2. The summed E-state index contributed by atoms with van der Waals surface area (Å²) in [5, 5.41) is 0. The van der Waals surface area contributed by atoms with Gasteiger partial charge in [-0.3, -0.25) is 9.36 Å². The minimum Gasteiger partial charge on any atom is -0.465 e. The molecule has 0 amide bonds. The minimum absolute atomic E-state index is 0.213. The first-order valence-electron chi connectivity index (χ1n) is 11.9. The predicted octanol–water partition coefficient (Wildman–Crippen LogP) is 3.84. The number of nitrogens with zero attached hydrogens (tertiary/aromatic N) is 2. The summed E-state index contributed by atoms with van der Waals surface area (Å²) in [7, 11) is 1.33. The normalized spacial score (nSPS) is 15.1. The molecule has 1 atom stereocenters. The molecule has 4 aromatic rings. The van der Waals surface area contributed by atoms with E-state index in [4.69, 9.17) is 13.9 Å². The van der Waals surface area contributed by atoms with Gasteiger partial charge in [-0.05, 0) is 43.7 Å². The molecule has 38 heavy (non-hydrogen) atoms. The highest BCUT2D eigenvalue weighted by Gasteiger charge is 2.33. The second kappa shape index (κ2) is 10.5. The molecule has 2 aromatic carbocycles. The van der Waals surface area contributed by atoms with E-state index in [1.54, 1.807) is 50.3 Å². The van der Waals surface area contributed by atoms with Gasteiger partial charge in [0.05, 0.1) is 41.1 Å². The van der Waals surface area contributed by atoms with Crippen LogP contribution in [0.3, 0.4) is 0 Å². The third-order valence-corrected chi connectivity index (χ3v) is 7.08. The Morgan fingerprint density at radius 3 is 2.61 bits per heavy atom. The van der Waals surface area contributed by atoms with Gasteiger partial charge >= 0.3 is 11.9 Å². The first-order chi connectivity index (χ1) is 18.4. The molecule has 2 aromatic heterocycles. The third kappa shape index (κ3) is 4.64. The van der Waals surface area contributed by atoms with E-state index in [0.717, 1.165) is 5.56 Å². The van der Waals surface area contributed by atoms with E-state index < -0.39 is 18.0 Å². The van der Waals surface area contributed by atoms with Crippen LogP contribution in [0.2, 0.25) is 0 Å². The van der Waals surface area contributed by atoms with Gasteiger partial charge in [0, 0.05) is 11.6 Å². The number of carbonyl (C=O) groups is 2. The smallest absolute Gasteiger partial charge is 0.338 e. The quantitative estimate of drug-likeness (QED) is 0.353. The van der Waals surface area contributed by atoms with Crippen LogP contribution in [-0.2, 0) is 14.3 Å². The van der Waals surface area contributed by atoms with Crippen LogP contribution < -0.4 is 14.9 Å². The zero-order valence-corrected chi connectivity index (χ0v) is 21.8. The summed E-state index contributed by atoms with van der Waals surface area (Å²) in [6.45, 7) is 3.70. The van der Waals surface area contributed by atoms with Gasteiger partial charge in [0.25, 0.3) is 5.56 Å². The highest BCUT2D eigenvalue weighted by molar-refractivity contribution is 7.07. The number of allylic oxidation sites excluding steroid dienone is 1. The third-order valence-electron chi connectivity index (χ3n) is 6.10. The fourth-order valence-corrected chi connectivity index (χ4v) is 5.40. The van der Waals surface area contributed by atoms with Gasteiger partial charge in [-0.25, -0.2) is 14.6 Å². The van der Waals surface area contributed by atoms with Crippen molar-refractivity contribution in [2.24, 2.45) is 4.99 Å². The Labute approximate surface area is 221 Å². The summed E-state index contributed by atoms with van der Waals surface area (Å²) < 4.78 is 18.0. The highest BCUT2D eigenvalue weighted by Crippen LogP contribution is 2.30. The number of thiazole rings is 1. The number of hydrogen-bond donors (Lipinski definition) is 0. The fraction of sp³-hybridized carbons (Fsp3) is 0.172. The molecule has 0 unspecified atom stereocenters. The largest absolute Gasteiger partial charge is 0.465 e. The lowest BCUT2D eigenvalue weighted by molar-refractivity contribution is -0.139. The van der Waals surface area contributed by atoms with Crippen molar-refractivity contribution in [1.82, 2.24) is 4.57 Å². The average Bonchev–Trinajstić information content (AvgIpc) is 3.52. The maximum Gasteiger partial charge on any atom is 0.338 e. The molecule has 0 spiro atoms. The summed E-state index contributed by atoms with van der Waals surface area (Å²) in [5.74, 6) is 0.0654. The number of esters is 2. The Morgan fingerprint density at radius 1 is 1.08 bits per heavy atom. The number of methoxy groups -OCH3 is 1. The summed E-state index contributed by atoms with van der Waals surface area (Å²) in [6.07, 6.45) is 1.66. The first-order valence-corrected chi connectivity index (χ1v) is 12.8. The zero-order chi connectivity index (χ0) is 26.8. The molecule has 0 saturated heterocycles. The van der Waals surface area contributed by atoms with Gasteiger partial charge in [0.15, 0.2) is 4.80 Å². The molecule has 5 rings (SSSR count). The zero-order valence-electron chi connectivity index (χ0n) is 21.0. The summed E-state index contributed by atoms with van der Waals surface area (Å²) in [6, 6.07) is 19.1. The molecular weight excluding hydrogens is 504 g/mol. The number of benzene rings is 2. The lowest BCUT2D eigenvalue weighted by Gasteiger charge is -2.24. The van der Waals surface area contributed by atoms with Crippen molar-refractivity contribution in [1.29, 1.82) is 0 Å². The summed E-state index contributed by atoms with van der Waals surface area (Å²) in [5.41, 5.74) is 2.45. The van der Waals surface area contributed by atoms with E-state index in [9.17, 15) is 14.4 Å². The Morgan fingerprint density at radius 2 is 1.87 bits per heavy atom. The van der Waals surface area contributed by atoms with Crippen molar-refractivity contribution in [3.05, 3.63) is 115 Å². The number of hydrogen-bond acceptors (Lipinski definition) is 8. The lowest BCUT2D eigenvalue weighted by Crippen LogP contribution is -2.39. The number of rotatable bonds is 6. The van der Waals surface area contributed by atoms with Crippen molar-refractivity contribution < 1.29 is 23.5 Å². The molecule has 8 nitrogen and oxygen atoms in total. The number of furan rings is 1. The van der Waals surface area contributed by atoms with E-state index in [1.807, 2.05) is 36.4 Å². The topological polar surface area (TPSA) is 100 Å². The van der Waals surface area contributed by atoms with Crippen LogP contribution in [-0.4, -0.2) is 30.2 Å². The monoisotopic (exact) mass is 528 g/mol. The van der Waals surface area contributed by atoms with Gasteiger partial charge in [0.2, 0.25) is 0 Å². The molecule has 0 bridgehead atoms. The molecule has 0 saturated carbocycles. The minimum atomic E-state index is -0.665. The van der Waals surface area contributed by atoms with E-state index in [1.165, 1.54) is 23.0 Å². The lowest BCUT2D eigenvalue weighted by atomic mass is 9.96. The first kappa shape index (κ1) is 25.2. The number of carbonyl (C=O) groups excluding carboxylic acids is 2. The van der Waals surface area contributed by atoms with Crippen molar-refractivity contribution in [2.45, 2.75) is 19.9 Å². The predicted molar refractivity (Wildman–Crippen MR) is 142 cm³/mol. The molecule has 192 valence electrons. The Balaban J connectivity index is 1.59. The molecule has 9 heteroatoms. The van der Waals surface area contributed by atoms with Crippen molar-refractivity contribution in [3.63, 3.8) is 0 Å². The van der Waals surface area contributed by atoms with Gasteiger partial charge in [-0.2, -0.15) is 0 Å². The van der Waals surface area contributed by atoms with Crippen molar-refractivity contribution in [2.75, 3.05) is 13.7 Å². The standard InChI is InChI=1S/C29H24N2O6S/c1-4-36-28(34)24-17(2)30-29-31(25(24)18-9-6-5-7-10-18)26(32)23(38-29)16-21-13-14-22(37-21)19-11-8-12-20(15-19)27(33)35-3/h5-16,25H,4H2,1-3H3/b23-16+/t25-/m0/s1. The van der Waals surface area contributed by atoms with Crippen LogP contribution in [0, 0.1) is 0 Å². The molecule has 1 aliphatic heterocycles. The molecule has 0 aliphatic carbocycles. The fourth-order valence-electron chi connectivity index (χ4n) is 4.37. The number of fused-ring (bicyclic) bond motifs is 1. The van der Waals surface area contributed by atoms with Crippen molar-refractivity contribution >= 4 is 29.4 Å². The van der Waals surface area contributed by atoms with Gasteiger partial charge in [-0.15, -0.1) is 0 Å². The van der Waals surface area contributed by atoms with Gasteiger partial charge in [0.1, 0.15) is 11.5 Å². The molecule has 0 radical (unpaired) electrons. The Kier molecular flexibility index (Phi) is 6.93. The van der Waals surface area contributed by atoms with E-state index in [2.05, 4.69) is 4.99 Å². The molecule has 3 heterocycles. The molecule has 0 fully saturated rings. The van der Waals surface area contributed by atoms with Gasteiger partial charge < -0.3 is 13.9 Å². The van der Waals surface area contributed by atoms with E-state index >= 15 is 0 Å². The Bertz CT molecular complexity index is 1740. The Hall–Kier alpha value is -4.50. The molecule has 1 aliphatic rings. The SMILES string of the molecule is CCOC(=O)C1=C(C)N=c2s/c(=C/c3ccc(-c4cccc(C(=O)OC)c4)o3)c(=O)n2[C@H]1c1ccccc1. The molecular formula is C29H24N2O6S. The van der Waals surface area contributed by atoms with Crippen LogP contribution in [0.1, 0.15) is 41.6 Å². The van der Waals surface area contributed by atoms with Crippen LogP contribution in [0.5, 0.6) is 0 Å². The second-order valence-electron chi connectivity index (χ2n) is 8.49. The maximum atomic E-state index is 13.7. The summed E-state index contributed by atoms with van der Waals surface area (Å²) >= 11 is 1.22.